The van der Waals surface area contributed by atoms with Crippen molar-refractivity contribution in [3.63, 3.8) is 0 Å². The van der Waals surface area contributed by atoms with Crippen LogP contribution in [0.25, 0.3) is 10.4 Å². The predicted molar refractivity (Wildman–Crippen MR) is 145 cm³/mol. The van der Waals surface area contributed by atoms with E-state index in [-0.39, 0.29) is 0 Å². The fourth-order valence-electron chi connectivity index (χ4n) is 3.43. The van der Waals surface area contributed by atoms with Gasteiger partial charge in [-0.05, 0) is 48.9 Å². The molecule has 1 aliphatic rings. The van der Waals surface area contributed by atoms with Crippen molar-refractivity contribution in [2.45, 2.75) is 34.6 Å². The first-order chi connectivity index (χ1) is 16.2. The Hall–Kier alpha value is -3.24. The van der Waals surface area contributed by atoms with Gasteiger partial charge in [0.1, 0.15) is 13.2 Å². The molecule has 3 aromatic rings. The van der Waals surface area contributed by atoms with E-state index in [4.69, 9.17) is 9.47 Å². The van der Waals surface area contributed by atoms with Crippen LogP contribution in [0.4, 0.5) is 11.4 Å². The second kappa shape index (κ2) is 13.3. The third-order valence-electron chi connectivity index (χ3n) is 4.72. The number of rotatable bonds is 6. The highest BCUT2D eigenvalue weighted by molar-refractivity contribution is 7.16. The first kappa shape index (κ1) is 26.0. The Morgan fingerprint density at radius 1 is 0.848 bits per heavy atom. The maximum absolute atomic E-state index is 5.91. The number of ether oxygens (including phenoxy) is 2. The molecule has 0 saturated carbocycles. The van der Waals surface area contributed by atoms with E-state index in [2.05, 4.69) is 61.4 Å². The standard InChI is InChI=1S/C25H23NO2S.2C2H6/c1-4-9-20(5-2)26(21-10-7-6-8-11-21)22-14-12-19(13-15-22)25-24-23(18(3)29-25)27-16-17-28-24;2*1-2/h4-15H,1-2,16-17H2,3H3;2*1-2H3/b20-9+;;. The van der Waals surface area contributed by atoms with Crippen molar-refractivity contribution in [1.82, 2.24) is 0 Å². The van der Waals surface area contributed by atoms with Crippen molar-refractivity contribution >= 4 is 22.7 Å². The number of hydrogen-bond acceptors (Lipinski definition) is 4. The number of aryl methyl sites for hydroxylation is 1. The van der Waals surface area contributed by atoms with Crippen LogP contribution in [-0.2, 0) is 0 Å². The molecule has 0 saturated heterocycles. The van der Waals surface area contributed by atoms with Gasteiger partial charge in [-0.15, -0.1) is 11.3 Å². The quantitative estimate of drug-likeness (QED) is 0.342. The third kappa shape index (κ3) is 5.96. The molecule has 0 unspecified atom stereocenters. The van der Waals surface area contributed by atoms with Crippen molar-refractivity contribution in [2.24, 2.45) is 0 Å². The average Bonchev–Trinajstić information content (AvgIpc) is 3.24. The molecule has 1 aliphatic heterocycles. The molecule has 0 atom stereocenters. The van der Waals surface area contributed by atoms with Gasteiger partial charge < -0.3 is 14.4 Å². The van der Waals surface area contributed by atoms with Gasteiger partial charge in [0, 0.05) is 21.9 Å². The van der Waals surface area contributed by atoms with E-state index < -0.39 is 0 Å². The van der Waals surface area contributed by atoms with Crippen LogP contribution in [0.1, 0.15) is 32.6 Å². The van der Waals surface area contributed by atoms with Crippen molar-refractivity contribution < 1.29 is 9.47 Å². The summed E-state index contributed by atoms with van der Waals surface area (Å²) in [6.07, 6.45) is 5.57. The van der Waals surface area contributed by atoms with Gasteiger partial charge in [-0.2, -0.15) is 0 Å². The lowest BCUT2D eigenvalue weighted by Gasteiger charge is -2.26. The largest absolute Gasteiger partial charge is 0.485 e. The van der Waals surface area contributed by atoms with Crippen LogP contribution in [0.3, 0.4) is 0 Å². The molecule has 4 rings (SSSR count). The molecule has 1 aromatic heterocycles. The molecule has 174 valence electrons. The van der Waals surface area contributed by atoms with Gasteiger partial charge in [0.15, 0.2) is 11.5 Å². The summed E-state index contributed by atoms with van der Waals surface area (Å²) in [6.45, 7) is 19.1. The molecule has 0 radical (unpaired) electrons. The first-order valence-corrected chi connectivity index (χ1v) is 12.3. The highest BCUT2D eigenvalue weighted by atomic mass is 32.1. The Morgan fingerprint density at radius 3 is 2.00 bits per heavy atom. The number of allylic oxidation sites excluding steroid dienone is 3. The lowest BCUT2D eigenvalue weighted by Crippen LogP contribution is -2.15. The molecule has 0 N–H and O–H groups in total. The molecule has 0 fully saturated rings. The van der Waals surface area contributed by atoms with Gasteiger partial charge in [0.2, 0.25) is 0 Å². The van der Waals surface area contributed by atoms with Crippen molar-refractivity contribution in [3.8, 4) is 21.9 Å². The van der Waals surface area contributed by atoms with Crippen molar-refractivity contribution in [3.05, 3.63) is 96.6 Å². The molecular weight excluding hydrogens is 426 g/mol. The Morgan fingerprint density at radius 2 is 1.42 bits per heavy atom. The van der Waals surface area contributed by atoms with Gasteiger partial charge in [0.05, 0.1) is 4.88 Å². The summed E-state index contributed by atoms with van der Waals surface area (Å²) in [5.41, 5.74) is 4.19. The highest BCUT2D eigenvalue weighted by Crippen LogP contribution is 2.49. The molecule has 2 heterocycles. The summed E-state index contributed by atoms with van der Waals surface area (Å²) in [7, 11) is 0. The van der Waals surface area contributed by atoms with Crippen LogP contribution in [-0.4, -0.2) is 13.2 Å². The summed E-state index contributed by atoms with van der Waals surface area (Å²) in [6, 6.07) is 18.7. The zero-order chi connectivity index (χ0) is 24.2. The molecule has 0 spiro atoms. The number of nitrogens with zero attached hydrogens (tertiary/aromatic N) is 1. The Labute approximate surface area is 203 Å². The molecule has 0 aliphatic carbocycles. The van der Waals surface area contributed by atoms with E-state index in [0.29, 0.717) is 13.2 Å². The normalized spacial score (nSPS) is 11.8. The van der Waals surface area contributed by atoms with E-state index in [9.17, 15) is 0 Å². The lowest BCUT2D eigenvalue weighted by atomic mass is 10.1. The molecule has 0 bridgehead atoms. The second-order valence-electron chi connectivity index (χ2n) is 6.59. The average molecular weight is 462 g/mol. The fraction of sp³-hybridized carbons (Fsp3) is 0.241. The Kier molecular flexibility index (Phi) is 10.5. The van der Waals surface area contributed by atoms with Gasteiger partial charge in [0.25, 0.3) is 0 Å². The number of hydrogen-bond donors (Lipinski definition) is 0. The molecule has 0 amide bonds. The van der Waals surface area contributed by atoms with E-state index in [0.717, 1.165) is 43.9 Å². The smallest absolute Gasteiger partial charge is 0.180 e. The van der Waals surface area contributed by atoms with Crippen molar-refractivity contribution in [2.75, 3.05) is 18.1 Å². The molecule has 4 heteroatoms. The number of para-hydroxylation sites is 1. The van der Waals surface area contributed by atoms with E-state index >= 15 is 0 Å². The summed E-state index contributed by atoms with van der Waals surface area (Å²) in [5, 5.41) is 0. The minimum absolute atomic E-state index is 0.588. The summed E-state index contributed by atoms with van der Waals surface area (Å²) < 4.78 is 11.7. The summed E-state index contributed by atoms with van der Waals surface area (Å²) in [5.74, 6) is 1.75. The maximum Gasteiger partial charge on any atom is 0.180 e. The van der Waals surface area contributed by atoms with Crippen LogP contribution in [0.15, 0.2) is 91.7 Å². The van der Waals surface area contributed by atoms with Crippen LogP contribution in [0, 0.1) is 6.92 Å². The summed E-state index contributed by atoms with van der Waals surface area (Å²) in [4.78, 5) is 4.42. The van der Waals surface area contributed by atoms with Gasteiger partial charge in [-0.25, -0.2) is 0 Å². The fourth-order valence-corrected chi connectivity index (χ4v) is 4.47. The monoisotopic (exact) mass is 461 g/mol. The predicted octanol–water partition coefficient (Wildman–Crippen LogP) is 8.94. The van der Waals surface area contributed by atoms with Crippen LogP contribution in [0.2, 0.25) is 0 Å². The maximum atomic E-state index is 5.91. The van der Waals surface area contributed by atoms with Crippen LogP contribution >= 0.6 is 11.3 Å². The topological polar surface area (TPSA) is 21.7 Å². The lowest BCUT2D eigenvalue weighted by molar-refractivity contribution is 0.173. The molecule has 3 nitrogen and oxygen atoms in total. The van der Waals surface area contributed by atoms with E-state index in [1.54, 1.807) is 17.4 Å². The number of fused-ring (bicyclic) bond motifs is 1. The minimum atomic E-state index is 0.588. The van der Waals surface area contributed by atoms with Gasteiger partial charge >= 0.3 is 0 Å². The molecule has 33 heavy (non-hydrogen) atoms. The zero-order valence-electron chi connectivity index (χ0n) is 20.4. The SMILES string of the molecule is C=C/C=C(\C=C)N(c1ccccc1)c1ccc(-c2sc(C)c3c2OCCO3)cc1.CC.CC. The third-order valence-corrected chi connectivity index (χ3v) is 5.84. The van der Waals surface area contributed by atoms with Gasteiger partial charge in [-0.3, -0.25) is 0 Å². The first-order valence-electron chi connectivity index (χ1n) is 11.5. The Bertz CT molecular complexity index is 1050. The van der Waals surface area contributed by atoms with Gasteiger partial charge in [-0.1, -0.05) is 77.3 Å². The summed E-state index contributed by atoms with van der Waals surface area (Å²) >= 11 is 1.71. The van der Waals surface area contributed by atoms with E-state index in [1.165, 1.54) is 0 Å². The molecular formula is C29H35NO2S. The number of benzene rings is 2. The van der Waals surface area contributed by atoms with Crippen LogP contribution in [0.5, 0.6) is 11.5 Å². The zero-order valence-corrected chi connectivity index (χ0v) is 21.2. The number of anilines is 2. The number of thiophene rings is 1. The van der Waals surface area contributed by atoms with Crippen molar-refractivity contribution in [1.29, 1.82) is 0 Å². The Balaban J connectivity index is 0.000000914. The minimum Gasteiger partial charge on any atom is -0.485 e. The highest BCUT2D eigenvalue weighted by Gasteiger charge is 2.23. The second-order valence-corrected chi connectivity index (χ2v) is 7.82. The molecule has 2 aromatic carbocycles. The van der Waals surface area contributed by atoms with Crippen LogP contribution < -0.4 is 14.4 Å². The van der Waals surface area contributed by atoms with E-state index in [1.807, 2.05) is 58.0 Å².